The Balaban J connectivity index is 1.83. The lowest BCUT2D eigenvalue weighted by atomic mass is 9.78. The van der Waals surface area contributed by atoms with Gasteiger partial charge in [0.1, 0.15) is 5.69 Å². The zero-order chi connectivity index (χ0) is 15.0. The Labute approximate surface area is 128 Å². The third-order valence-electron chi connectivity index (χ3n) is 4.17. The molecule has 2 heterocycles. The van der Waals surface area contributed by atoms with Crippen molar-refractivity contribution in [1.29, 1.82) is 0 Å². The summed E-state index contributed by atoms with van der Waals surface area (Å²) >= 11 is 1.31. The fraction of sp³-hybridized carbons (Fsp3) is 0.375. The van der Waals surface area contributed by atoms with Gasteiger partial charge in [0.25, 0.3) is 5.91 Å². The minimum absolute atomic E-state index is 0.0190. The van der Waals surface area contributed by atoms with Gasteiger partial charge in [-0.2, -0.15) is 0 Å². The first-order valence-corrected chi connectivity index (χ1v) is 7.90. The van der Waals surface area contributed by atoms with Crippen molar-refractivity contribution in [1.82, 2.24) is 9.88 Å². The molecule has 0 unspecified atom stereocenters. The average molecular weight is 301 g/mol. The van der Waals surface area contributed by atoms with E-state index in [2.05, 4.69) is 43.1 Å². The van der Waals surface area contributed by atoms with Crippen molar-refractivity contribution < 1.29 is 4.79 Å². The van der Waals surface area contributed by atoms with Crippen LogP contribution in [0.2, 0.25) is 0 Å². The van der Waals surface area contributed by atoms with Crippen molar-refractivity contribution in [3.63, 3.8) is 0 Å². The van der Waals surface area contributed by atoms with Crippen molar-refractivity contribution in [2.24, 2.45) is 5.41 Å². The Bertz CT molecular complexity index is 651. The van der Waals surface area contributed by atoms with Crippen LogP contribution in [0.15, 0.2) is 35.7 Å². The highest BCUT2D eigenvalue weighted by Gasteiger charge is 2.42. The largest absolute Gasteiger partial charge is 0.375 e. The summed E-state index contributed by atoms with van der Waals surface area (Å²) in [4.78, 5) is 18.5. The van der Waals surface area contributed by atoms with E-state index < -0.39 is 0 Å². The van der Waals surface area contributed by atoms with Gasteiger partial charge in [-0.25, -0.2) is 4.98 Å². The summed E-state index contributed by atoms with van der Waals surface area (Å²) in [5, 5.41) is 2.18. The van der Waals surface area contributed by atoms with Crippen LogP contribution in [-0.4, -0.2) is 28.9 Å². The standard InChI is InChI=1S/C16H19N3OS/c1-16(2)10-19(14(20)13-9-21-15(17)18-13)8-12(16)11-6-4-3-5-7-11/h3-7,9,12H,8,10H2,1-2H3,(H2,17,18)/t12-/m1/s1. The Kier molecular flexibility index (Phi) is 3.45. The lowest BCUT2D eigenvalue weighted by molar-refractivity contribution is 0.0773. The van der Waals surface area contributed by atoms with Crippen molar-refractivity contribution in [2.75, 3.05) is 18.8 Å². The molecular formula is C16H19N3OS. The quantitative estimate of drug-likeness (QED) is 0.927. The fourth-order valence-electron chi connectivity index (χ4n) is 3.08. The number of nitrogens with zero attached hydrogens (tertiary/aromatic N) is 2. The normalized spacial score (nSPS) is 20.7. The molecule has 3 rings (SSSR count). The molecule has 0 radical (unpaired) electrons. The topological polar surface area (TPSA) is 59.2 Å². The lowest BCUT2D eigenvalue weighted by Crippen LogP contribution is -2.30. The molecule has 110 valence electrons. The number of nitrogens with two attached hydrogens (primary N) is 1. The molecular weight excluding hydrogens is 282 g/mol. The molecule has 0 aliphatic carbocycles. The van der Waals surface area contributed by atoms with Gasteiger partial charge in [0.05, 0.1) is 0 Å². The Hall–Kier alpha value is -1.88. The van der Waals surface area contributed by atoms with Gasteiger partial charge in [0.2, 0.25) is 0 Å². The molecule has 2 aromatic rings. The van der Waals surface area contributed by atoms with Crippen molar-refractivity contribution in [3.05, 3.63) is 47.0 Å². The number of aromatic nitrogens is 1. The van der Waals surface area contributed by atoms with E-state index in [4.69, 9.17) is 5.73 Å². The summed E-state index contributed by atoms with van der Waals surface area (Å²) < 4.78 is 0. The van der Waals surface area contributed by atoms with Gasteiger partial charge in [0.15, 0.2) is 5.13 Å². The molecule has 1 amide bonds. The second-order valence-electron chi connectivity index (χ2n) is 6.21. The number of thiazole rings is 1. The van der Waals surface area contributed by atoms with E-state index in [0.29, 0.717) is 16.7 Å². The van der Waals surface area contributed by atoms with Crippen LogP contribution < -0.4 is 5.73 Å². The number of rotatable bonds is 2. The highest BCUT2D eigenvalue weighted by molar-refractivity contribution is 7.13. The van der Waals surface area contributed by atoms with E-state index in [1.54, 1.807) is 5.38 Å². The molecule has 1 aromatic heterocycles. The first-order chi connectivity index (χ1) is 9.97. The minimum atomic E-state index is -0.0190. The number of hydrogen-bond acceptors (Lipinski definition) is 4. The average Bonchev–Trinajstić information content (AvgIpc) is 3.02. The highest BCUT2D eigenvalue weighted by atomic mass is 32.1. The summed E-state index contributed by atoms with van der Waals surface area (Å²) in [7, 11) is 0. The van der Waals surface area contributed by atoms with Crippen molar-refractivity contribution >= 4 is 22.4 Å². The molecule has 0 spiro atoms. The van der Waals surface area contributed by atoms with Gasteiger partial charge in [-0.05, 0) is 11.0 Å². The van der Waals surface area contributed by atoms with Gasteiger partial charge >= 0.3 is 0 Å². The van der Waals surface area contributed by atoms with Crippen LogP contribution in [0, 0.1) is 5.41 Å². The lowest BCUT2D eigenvalue weighted by Gasteiger charge is -2.25. The zero-order valence-corrected chi connectivity index (χ0v) is 13.1. The van der Waals surface area contributed by atoms with Crippen LogP contribution in [0.5, 0.6) is 0 Å². The Morgan fingerprint density at radius 3 is 2.71 bits per heavy atom. The molecule has 21 heavy (non-hydrogen) atoms. The van der Waals surface area contributed by atoms with Gasteiger partial charge in [0, 0.05) is 24.4 Å². The van der Waals surface area contributed by atoms with E-state index in [-0.39, 0.29) is 11.3 Å². The van der Waals surface area contributed by atoms with Crippen LogP contribution in [0.3, 0.4) is 0 Å². The number of amides is 1. The van der Waals surface area contributed by atoms with Crippen molar-refractivity contribution in [3.8, 4) is 0 Å². The maximum atomic E-state index is 12.5. The van der Waals surface area contributed by atoms with Crippen LogP contribution in [0.25, 0.3) is 0 Å². The van der Waals surface area contributed by atoms with E-state index >= 15 is 0 Å². The first kappa shape index (κ1) is 14.1. The summed E-state index contributed by atoms with van der Waals surface area (Å²) in [6, 6.07) is 10.4. The monoisotopic (exact) mass is 301 g/mol. The summed E-state index contributed by atoms with van der Waals surface area (Å²) in [6.45, 7) is 5.90. The second-order valence-corrected chi connectivity index (χ2v) is 7.10. The smallest absolute Gasteiger partial charge is 0.273 e. The molecule has 1 aromatic carbocycles. The zero-order valence-electron chi connectivity index (χ0n) is 12.2. The van der Waals surface area contributed by atoms with E-state index in [9.17, 15) is 4.79 Å². The molecule has 1 fully saturated rings. The van der Waals surface area contributed by atoms with Gasteiger partial charge in [-0.1, -0.05) is 44.2 Å². The minimum Gasteiger partial charge on any atom is -0.375 e. The molecule has 0 bridgehead atoms. The molecule has 1 aliphatic heterocycles. The number of anilines is 1. The van der Waals surface area contributed by atoms with Crippen LogP contribution in [-0.2, 0) is 0 Å². The van der Waals surface area contributed by atoms with Gasteiger partial charge < -0.3 is 10.6 Å². The highest BCUT2D eigenvalue weighted by Crippen LogP contribution is 2.42. The van der Waals surface area contributed by atoms with E-state index in [0.717, 1.165) is 13.1 Å². The van der Waals surface area contributed by atoms with Crippen molar-refractivity contribution in [2.45, 2.75) is 19.8 Å². The maximum absolute atomic E-state index is 12.5. The van der Waals surface area contributed by atoms with E-state index in [1.807, 2.05) is 11.0 Å². The predicted molar refractivity (Wildman–Crippen MR) is 85.4 cm³/mol. The third kappa shape index (κ3) is 2.65. The molecule has 1 saturated heterocycles. The maximum Gasteiger partial charge on any atom is 0.273 e. The number of nitrogen functional groups attached to an aromatic ring is 1. The third-order valence-corrected chi connectivity index (χ3v) is 4.85. The molecule has 2 N–H and O–H groups in total. The summed E-state index contributed by atoms with van der Waals surface area (Å²) in [5.41, 5.74) is 7.43. The van der Waals surface area contributed by atoms with Gasteiger partial charge in [-0.3, -0.25) is 4.79 Å². The number of likely N-dealkylation sites (tertiary alicyclic amines) is 1. The Morgan fingerprint density at radius 1 is 1.38 bits per heavy atom. The van der Waals surface area contributed by atoms with Gasteiger partial charge in [-0.15, -0.1) is 11.3 Å². The number of carbonyl (C=O) groups excluding carboxylic acids is 1. The van der Waals surface area contributed by atoms with Crippen LogP contribution in [0.4, 0.5) is 5.13 Å². The predicted octanol–water partition coefficient (Wildman–Crippen LogP) is 2.99. The SMILES string of the molecule is CC1(C)CN(C(=O)c2csc(N)n2)C[C@@H]1c1ccccc1. The molecule has 1 atom stereocenters. The molecule has 0 saturated carbocycles. The number of carbonyl (C=O) groups is 1. The molecule has 1 aliphatic rings. The Morgan fingerprint density at radius 2 is 2.10 bits per heavy atom. The summed E-state index contributed by atoms with van der Waals surface area (Å²) in [6.07, 6.45) is 0. The molecule has 4 nitrogen and oxygen atoms in total. The fourth-order valence-corrected chi connectivity index (χ4v) is 3.62. The van der Waals surface area contributed by atoms with E-state index in [1.165, 1.54) is 16.9 Å². The van der Waals surface area contributed by atoms with Crippen LogP contribution >= 0.6 is 11.3 Å². The second kappa shape index (κ2) is 5.15. The number of hydrogen-bond donors (Lipinski definition) is 1. The molecule has 5 heteroatoms. The van der Waals surface area contributed by atoms with Crippen LogP contribution in [0.1, 0.15) is 35.8 Å². The number of benzene rings is 1. The summed E-state index contributed by atoms with van der Waals surface area (Å²) in [5.74, 6) is 0.327. The first-order valence-electron chi connectivity index (χ1n) is 7.02.